The molecule has 162 valence electrons. The minimum absolute atomic E-state index is 0.149. The number of aromatic nitrogens is 4. The quantitative estimate of drug-likeness (QED) is 0.523. The van der Waals surface area contributed by atoms with Crippen LogP contribution in [0.3, 0.4) is 0 Å². The van der Waals surface area contributed by atoms with Crippen molar-refractivity contribution in [1.29, 1.82) is 0 Å². The first kappa shape index (κ1) is 21.3. The summed E-state index contributed by atoms with van der Waals surface area (Å²) in [7, 11) is 3.31. The average Bonchev–Trinajstić information content (AvgIpc) is 3.35. The summed E-state index contributed by atoms with van der Waals surface area (Å²) in [5, 5.41) is 18.2. The summed E-state index contributed by atoms with van der Waals surface area (Å²) in [6.07, 6.45) is 3.90. The molecule has 1 aliphatic rings. The Bertz CT molecular complexity index is 1090. The smallest absolute Gasteiger partial charge is 0.258 e. The molecule has 0 radical (unpaired) electrons. The molecule has 4 rings (SSSR count). The third kappa shape index (κ3) is 4.88. The Labute approximate surface area is 187 Å². The molecule has 0 atom stereocenters. The number of methoxy groups -OCH3 is 1. The van der Waals surface area contributed by atoms with E-state index in [9.17, 15) is 9.59 Å². The molecule has 9 nitrogen and oxygen atoms in total. The minimum Gasteiger partial charge on any atom is -0.497 e. The molecular weight excluding hydrogens is 436 g/mol. The average molecular weight is 459 g/mol. The Morgan fingerprint density at radius 3 is 2.68 bits per heavy atom. The summed E-state index contributed by atoms with van der Waals surface area (Å²) in [6.45, 7) is 0. The van der Waals surface area contributed by atoms with Gasteiger partial charge in [-0.25, -0.2) is 4.68 Å². The first-order valence-electron chi connectivity index (χ1n) is 9.80. The largest absolute Gasteiger partial charge is 0.497 e. The van der Waals surface area contributed by atoms with Crippen LogP contribution in [-0.4, -0.2) is 44.9 Å². The van der Waals surface area contributed by atoms with Crippen molar-refractivity contribution >= 4 is 45.6 Å². The molecule has 0 saturated heterocycles. The van der Waals surface area contributed by atoms with Crippen LogP contribution in [0.25, 0.3) is 0 Å². The van der Waals surface area contributed by atoms with Gasteiger partial charge in [-0.2, -0.15) is 0 Å². The van der Waals surface area contributed by atoms with Crippen LogP contribution in [0.15, 0.2) is 29.4 Å². The normalized spacial score (nSPS) is 12.8. The highest BCUT2D eigenvalue weighted by molar-refractivity contribution is 7.99. The van der Waals surface area contributed by atoms with E-state index in [4.69, 9.17) is 4.74 Å². The number of benzene rings is 1. The molecule has 2 aromatic heterocycles. The third-order valence-electron chi connectivity index (χ3n) is 4.91. The van der Waals surface area contributed by atoms with E-state index in [1.807, 2.05) is 0 Å². The molecule has 11 heteroatoms. The molecule has 3 aromatic rings. The molecule has 1 aromatic carbocycles. The number of aryl methyl sites for hydroxylation is 2. The Morgan fingerprint density at radius 1 is 1.19 bits per heavy atom. The molecule has 0 fully saturated rings. The number of tetrazole rings is 1. The number of hydrogen-bond donors (Lipinski definition) is 2. The van der Waals surface area contributed by atoms with Gasteiger partial charge in [-0.1, -0.05) is 11.8 Å². The Kier molecular flexibility index (Phi) is 6.52. The lowest BCUT2D eigenvalue weighted by Gasteiger charge is -2.13. The summed E-state index contributed by atoms with van der Waals surface area (Å²) in [6, 6.07) is 7.17. The fraction of sp³-hybridized carbons (Fsp3) is 0.350. The van der Waals surface area contributed by atoms with Crippen molar-refractivity contribution in [2.75, 3.05) is 23.5 Å². The van der Waals surface area contributed by atoms with E-state index in [-0.39, 0.29) is 17.6 Å². The van der Waals surface area contributed by atoms with E-state index in [0.717, 1.165) is 37.0 Å². The highest BCUT2D eigenvalue weighted by Crippen LogP contribution is 2.38. The molecule has 0 saturated carbocycles. The van der Waals surface area contributed by atoms with Gasteiger partial charge in [-0.15, -0.1) is 16.4 Å². The predicted molar refractivity (Wildman–Crippen MR) is 120 cm³/mol. The molecule has 0 bridgehead atoms. The fourth-order valence-corrected chi connectivity index (χ4v) is 5.35. The number of ether oxygens (including phenoxy) is 1. The Balaban J connectivity index is 1.51. The molecule has 0 aliphatic heterocycles. The highest BCUT2D eigenvalue weighted by atomic mass is 32.2. The predicted octanol–water partition coefficient (Wildman–Crippen LogP) is 3.14. The second-order valence-electron chi connectivity index (χ2n) is 7.02. The minimum atomic E-state index is -0.218. The molecule has 2 amide bonds. The van der Waals surface area contributed by atoms with Crippen molar-refractivity contribution in [2.24, 2.45) is 7.05 Å². The lowest BCUT2D eigenvalue weighted by atomic mass is 9.95. The zero-order valence-electron chi connectivity index (χ0n) is 17.2. The van der Waals surface area contributed by atoms with Gasteiger partial charge in [0.2, 0.25) is 11.1 Å². The second-order valence-corrected chi connectivity index (χ2v) is 9.07. The first-order valence-corrected chi connectivity index (χ1v) is 11.6. The molecule has 0 spiro atoms. The van der Waals surface area contributed by atoms with Gasteiger partial charge in [0.25, 0.3) is 5.91 Å². The van der Waals surface area contributed by atoms with Crippen molar-refractivity contribution in [1.82, 2.24) is 20.2 Å². The summed E-state index contributed by atoms with van der Waals surface area (Å²) in [5.74, 6) is 0.445. The maximum Gasteiger partial charge on any atom is 0.258 e. The molecular formula is C20H22N6O3S2. The number of carbonyl (C=O) groups excluding carboxylic acids is 2. The number of nitrogens with one attached hydrogen (secondary N) is 2. The van der Waals surface area contributed by atoms with Crippen LogP contribution in [0, 0.1) is 0 Å². The number of hydrogen-bond acceptors (Lipinski definition) is 8. The van der Waals surface area contributed by atoms with Crippen LogP contribution in [-0.2, 0) is 24.7 Å². The lowest BCUT2D eigenvalue weighted by molar-refractivity contribution is -0.113. The third-order valence-corrected chi connectivity index (χ3v) is 7.13. The van der Waals surface area contributed by atoms with Crippen molar-refractivity contribution < 1.29 is 14.3 Å². The molecule has 2 heterocycles. The first-order chi connectivity index (χ1) is 15.0. The van der Waals surface area contributed by atoms with Crippen molar-refractivity contribution in [3.05, 3.63) is 40.3 Å². The van der Waals surface area contributed by atoms with Gasteiger partial charge in [0.15, 0.2) is 0 Å². The zero-order chi connectivity index (χ0) is 21.8. The number of nitrogens with zero attached hydrogens (tertiary/aromatic N) is 4. The maximum absolute atomic E-state index is 13.2. The van der Waals surface area contributed by atoms with E-state index >= 15 is 0 Å². The zero-order valence-corrected chi connectivity index (χ0v) is 18.8. The number of anilines is 2. The van der Waals surface area contributed by atoms with Crippen molar-refractivity contribution in [3.8, 4) is 5.75 Å². The SMILES string of the molecule is COc1ccc(NC(=O)c2c(NC(=O)CSc3nnnn3C)sc3c2CCCC3)cc1. The van der Waals surface area contributed by atoms with Gasteiger partial charge in [-0.3, -0.25) is 9.59 Å². The monoisotopic (exact) mass is 458 g/mol. The van der Waals surface area contributed by atoms with Crippen LogP contribution >= 0.6 is 23.1 Å². The number of rotatable bonds is 7. The summed E-state index contributed by atoms with van der Waals surface area (Å²) < 4.78 is 6.68. The summed E-state index contributed by atoms with van der Waals surface area (Å²) >= 11 is 2.74. The molecule has 0 unspecified atom stereocenters. The number of carbonyl (C=O) groups is 2. The Hall–Kier alpha value is -2.92. The van der Waals surface area contributed by atoms with Gasteiger partial charge in [0, 0.05) is 17.6 Å². The lowest BCUT2D eigenvalue weighted by Crippen LogP contribution is -2.19. The Morgan fingerprint density at radius 2 is 1.97 bits per heavy atom. The summed E-state index contributed by atoms with van der Waals surface area (Å²) in [4.78, 5) is 26.9. The van der Waals surface area contributed by atoms with Crippen LogP contribution in [0.5, 0.6) is 5.75 Å². The molecule has 2 N–H and O–H groups in total. The second kappa shape index (κ2) is 9.48. The number of fused-ring (bicyclic) bond motifs is 1. The van der Waals surface area contributed by atoms with Crippen LogP contribution in [0.4, 0.5) is 10.7 Å². The van der Waals surface area contributed by atoms with E-state index in [0.29, 0.717) is 21.4 Å². The van der Waals surface area contributed by atoms with Crippen molar-refractivity contribution in [3.63, 3.8) is 0 Å². The topological polar surface area (TPSA) is 111 Å². The van der Waals surface area contributed by atoms with Gasteiger partial charge in [0.05, 0.1) is 18.4 Å². The van der Waals surface area contributed by atoms with E-state index in [2.05, 4.69) is 26.2 Å². The molecule has 1 aliphatic carbocycles. The highest BCUT2D eigenvalue weighted by Gasteiger charge is 2.26. The van der Waals surface area contributed by atoms with E-state index in [1.54, 1.807) is 38.4 Å². The number of thioether (sulfide) groups is 1. The number of thiophene rings is 1. The molecule has 31 heavy (non-hydrogen) atoms. The standard InChI is InChI=1S/C20H22N6O3S2/c1-26-20(23-24-25-26)30-11-16(27)22-19-17(14-5-3-4-6-15(14)31-19)18(28)21-12-7-9-13(29-2)10-8-12/h7-10H,3-6,11H2,1-2H3,(H,21,28)(H,22,27). The van der Waals surface area contributed by atoms with Gasteiger partial charge in [0.1, 0.15) is 10.8 Å². The van der Waals surface area contributed by atoms with Crippen molar-refractivity contribution in [2.45, 2.75) is 30.8 Å². The van der Waals surface area contributed by atoms with E-state index < -0.39 is 0 Å². The van der Waals surface area contributed by atoms with Crippen LogP contribution < -0.4 is 15.4 Å². The van der Waals surface area contributed by atoms with Gasteiger partial charge < -0.3 is 15.4 Å². The number of amides is 2. The fourth-order valence-electron chi connectivity index (χ4n) is 3.40. The van der Waals surface area contributed by atoms with Crippen LogP contribution in [0.2, 0.25) is 0 Å². The van der Waals surface area contributed by atoms with E-state index in [1.165, 1.54) is 32.7 Å². The van der Waals surface area contributed by atoms with Gasteiger partial charge in [-0.05, 0) is 65.9 Å². The van der Waals surface area contributed by atoms with Crippen LogP contribution in [0.1, 0.15) is 33.6 Å². The maximum atomic E-state index is 13.2. The van der Waals surface area contributed by atoms with Gasteiger partial charge >= 0.3 is 0 Å². The summed E-state index contributed by atoms with van der Waals surface area (Å²) in [5.41, 5.74) is 2.28.